The van der Waals surface area contributed by atoms with E-state index in [0.29, 0.717) is 5.56 Å². The third kappa shape index (κ3) is 2.74. The highest BCUT2D eigenvalue weighted by atomic mass is 32.2. The van der Waals surface area contributed by atoms with Crippen molar-refractivity contribution in [2.24, 2.45) is 5.18 Å². The second kappa shape index (κ2) is 5.79. The van der Waals surface area contributed by atoms with Gasteiger partial charge in [0.25, 0.3) is 0 Å². The molecule has 15 heavy (non-hydrogen) atoms. The molecular weight excluding hydrogens is 228 g/mol. The Labute approximate surface area is 97.2 Å². The Hall–Kier alpha value is -0.990. The smallest absolute Gasteiger partial charge is 0.195 e. The Bertz CT molecular complexity index is 401. The first-order valence-electron chi connectivity index (χ1n) is 4.20. The van der Waals surface area contributed by atoms with Crippen LogP contribution in [0.4, 0.5) is 0 Å². The van der Waals surface area contributed by atoms with Crippen LogP contribution < -0.4 is 0 Å². The van der Waals surface area contributed by atoms with E-state index in [1.165, 1.54) is 0 Å². The van der Waals surface area contributed by atoms with E-state index in [9.17, 15) is 4.91 Å². The number of hydrogen-bond acceptors (Lipinski definition) is 5. The molecule has 0 saturated carbocycles. The van der Waals surface area contributed by atoms with E-state index in [1.54, 1.807) is 29.6 Å². The molecule has 1 unspecified atom stereocenters. The van der Waals surface area contributed by atoms with Crippen molar-refractivity contribution in [1.29, 1.82) is 5.26 Å². The second-order valence-electron chi connectivity index (χ2n) is 2.75. The number of nitrogens with zero attached hydrogens (tertiary/aromatic N) is 2. The molecule has 1 rings (SSSR count). The summed E-state index contributed by atoms with van der Waals surface area (Å²) in [4.78, 5) is 12.6. The fourth-order valence-corrected chi connectivity index (χ4v) is 2.67. The maximum atomic E-state index is 10.4. The first-order valence-corrected chi connectivity index (χ1v) is 6.65. The van der Waals surface area contributed by atoms with Crippen LogP contribution in [0, 0.1) is 16.2 Å². The van der Waals surface area contributed by atoms with Crippen LogP contribution in [0.25, 0.3) is 0 Å². The molecule has 0 aromatic heterocycles. The molecule has 5 heteroatoms. The van der Waals surface area contributed by atoms with Gasteiger partial charge < -0.3 is 0 Å². The lowest BCUT2D eigenvalue weighted by atomic mass is 10.1. The average Bonchev–Trinajstić information content (AvgIpc) is 2.30. The molecule has 0 saturated heterocycles. The van der Waals surface area contributed by atoms with Gasteiger partial charge in [-0.25, -0.2) is 0 Å². The van der Waals surface area contributed by atoms with Crippen LogP contribution >= 0.6 is 23.5 Å². The summed E-state index contributed by atoms with van der Waals surface area (Å²) in [7, 11) is 0. The quantitative estimate of drug-likeness (QED) is 0.595. The van der Waals surface area contributed by atoms with Crippen LogP contribution in [-0.4, -0.2) is 12.5 Å². The van der Waals surface area contributed by atoms with Crippen molar-refractivity contribution in [3.05, 3.63) is 28.7 Å². The topological polar surface area (TPSA) is 53.2 Å². The van der Waals surface area contributed by atoms with Crippen LogP contribution in [0.15, 0.2) is 33.2 Å². The zero-order chi connectivity index (χ0) is 11.3. The molecule has 0 N–H and O–H groups in total. The summed E-state index contributed by atoms with van der Waals surface area (Å²) in [5.74, 6) is 0. The highest BCUT2D eigenvalue weighted by Gasteiger charge is 2.12. The van der Waals surface area contributed by atoms with Gasteiger partial charge in [-0.2, -0.15) is 5.26 Å². The van der Waals surface area contributed by atoms with Crippen molar-refractivity contribution in [2.45, 2.75) is 15.8 Å². The summed E-state index contributed by atoms with van der Waals surface area (Å²) < 4.78 is 0. The minimum atomic E-state index is -0.896. The average molecular weight is 238 g/mol. The Morgan fingerprint density at radius 1 is 1.33 bits per heavy atom. The monoisotopic (exact) mass is 238 g/mol. The minimum Gasteiger partial charge on any atom is -0.195 e. The predicted octanol–water partition coefficient (Wildman–Crippen LogP) is 3.46. The molecular formula is C10H10N2OS2. The maximum absolute atomic E-state index is 10.4. The van der Waals surface area contributed by atoms with E-state index in [4.69, 9.17) is 5.26 Å². The van der Waals surface area contributed by atoms with Crippen molar-refractivity contribution in [3.63, 3.8) is 0 Å². The van der Waals surface area contributed by atoms with Gasteiger partial charge in [0.1, 0.15) is 0 Å². The molecule has 1 atom stereocenters. The van der Waals surface area contributed by atoms with E-state index in [-0.39, 0.29) is 0 Å². The van der Waals surface area contributed by atoms with Gasteiger partial charge in [-0.3, -0.25) is 0 Å². The largest absolute Gasteiger partial charge is 0.203 e. The Morgan fingerprint density at radius 2 is 2.00 bits per heavy atom. The molecule has 3 nitrogen and oxygen atoms in total. The highest BCUT2D eigenvalue weighted by Crippen LogP contribution is 2.31. The maximum Gasteiger partial charge on any atom is 0.203 e. The zero-order valence-electron chi connectivity index (χ0n) is 8.43. The molecule has 1 aromatic rings. The van der Waals surface area contributed by atoms with E-state index < -0.39 is 6.04 Å². The summed E-state index contributed by atoms with van der Waals surface area (Å²) in [6, 6.07) is 6.51. The highest BCUT2D eigenvalue weighted by molar-refractivity contribution is 8.01. The van der Waals surface area contributed by atoms with Crippen molar-refractivity contribution < 1.29 is 0 Å². The first-order chi connectivity index (χ1) is 7.26. The lowest BCUT2D eigenvalue weighted by Crippen LogP contribution is -1.91. The molecule has 0 aliphatic carbocycles. The van der Waals surface area contributed by atoms with Crippen LogP contribution in [0.5, 0.6) is 0 Å². The van der Waals surface area contributed by atoms with Gasteiger partial charge in [0.2, 0.25) is 6.04 Å². The summed E-state index contributed by atoms with van der Waals surface area (Å²) >= 11 is 3.24. The third-order valence-corrected chi connectivity index (χ3v) is 3.65. The fraction of sp³-hybridized carbons (Fsp3) is 0.300. The van der Waals surface area contributed by atoms with Crippen molar-refractivity contribution in [3.8, 4) is 6.07 Å². The second-order valence-corrected chi connectivity index (χ2v) is 4.45. The van der Waals surface area contributed by atoms with Crippen LogP contribution in [0.1, 0.15) is 11.6 Å². The van der Waals surface area contributed by atoms with Crippen LogP contribution in [0.3, 0.4) is 0 Å². The molecule has 0 amide bonds. The lowest BCUT2D eigenvalue weighted by molar-refractivity contribution is 0.905. The molecule has 1 aromatic carbocycles. The summed E-state index contributed by atoms with van der Waals surface area (Å²) in [6.45, 7) is 0. The SMILES string of the molecule is CSc1ccc(C(C#N)N=O)cc1SC. The number of nitriles is 1. The lowest BCUT2D eigenvalue weighted by Gasteiger charge is -2.07. The van der Waals surface area contributed by atoms with Crippen LogP contribution in [-0.2, 0) is 0 Å². The number of rotatable bonds is 4. The predicted molar refractivity (Wildman–Crippen MR) is 64.2 cm³/mol. The van der Waals surface area contributed by atoms with E-state index >= 15 is 0 Å². The number of hydrogen-bond donors (Lipinski definition) is 0. The summed E-state index contributed by atoms with van der Waals surface area (Å²) in [6.07, 6.45) is 3.96. The summed E-state index contributed by atoms with van der Waals surface area (Å²) in [5.41, 5.74) is 0.662. The molecule has 0 fully saturated rings. The third-order valence-electron chi connectivity index (χ3n) is 1.95. The zero-order valence-corrected chi connectivity index (χ0v) is 10.1. The molecule has 0 aliphatic rings. The van der Waals surface area contributed by atoms with Gasteiger partial charge in [0, 0.05) is 9.79 Å². The Balaban J connectivity index is 3.13. The molecule has 0 radical (unpaired) electrons. The van der Waals surface area contributed by atoms with Crippen LogP contribution in [0.2, 0.25) is 0 Å². The first kappa shape index (κ1) is 12.1. The molecule has 0 bridgehead atoms. The van der Waals surface area contributed by atoms with E-state index in [0.717, 1.165) is 9.79 Å². The fourth-order valence-electron chi connectivity index (χ4n) is 1.18. The molecule has 78 valence electrons. The van der Waals surface area contributed by atoms with Gasteiger partial charge in [0.15, 0.2) is 0 Å². The minimum absolute atomic E-state index is 0.662. The van der Waals surface area contributed by atoms with Gasteiger partial charge in [-0.1, -0.05) is 6.07 Å². The number of thioether (sulfide) groups is 2. The summed E-state index contributed by atoms with van der Waals surface area (Å²) in [5, 5.41) is 11.5. The van der Waals surface area contributed by atoms with Crippen molar-refractivity contribution >= 4 is 23.5 Å². The van der Waals surface area contributed by atoms with E-state index in [2.05, 4.69) is 5.18 Å². The van der Waals surface area contributed by atoms with E-state index in [1.807, 2.05) is 30.7 Å². The van der Waals surface area contributed by atoms with Gasteiger partial charge in [-0.05, 0) is 35.4 Å². The standard InChI is InChI=1S/C10H10N2OS2/c1-14-9-4-3-7(5-10(9)15-2)8(6-11)12-13/h3-5,8H,1-2H3. The van der Waals surface area contributed by atoms with Crippen molar-refractivity contribution in [1.82, 2.24) is 0 Å². The number of nitroso groups, excluding NO2 is 1. The van der Waals surface area contributed by atoms with Gasteiger partial charge in [-0.15, -0.1) is 28.4 Å². The number of benzene rings is 1. The molecule has 0 aliphatic heterocycles. The Kier molecular flexibility index (Phi) is 4.66. The normalized spacial score (nSPS) is 11.8. The molecule has 0 spiro atoms. The van der Waals surface area contributed by atoms with Gasteiger partial charge in [0.05, 0.1) is 6.07 Å². The molecule has 0 heterocycles. The van der Waals surface area contributed by atoms with Crippen molar-refractivity contribution in [2.75, 3.05) is 12.5 Å². The van der Waals surface area contributed by atoms with Gasteiger partial charge >= 0.3 is 0 Å². The Morgan fingerprint density at radius 3 is 2.47 bits per heavy atom.